The molecule has 0 spiro atoms. The summed E-state index contributed by atoms with van der Waals surface area (Å²) >= 11 is 0. The van der Waals surface area contributed by atoms with Gasteiger partial charge in [0, 0.05) is 13.1 Å². The Balaban J connectivity index is 1.58. The van der Waals surface area contributed by atoms with Crippen LogP contribution < -0.4 is 0 Å². The molecule has 3 aromatic carbocycles. The van der Waals surface area contributed by atoms with E-state index in [9.17, 15) is 16.8 Å². The molecule has 0 saturated carbocycles. The van der Waals surface area contributed by atoms with Crippen LogP contribution in [0, 0.1) is 6.92 Å². The van der Waals surface area contributed by atoms with Crippen LogP contribution in [0.15, 0.2) is 112 Å². The van der Waals surface area contributed by atoms with E-state index >= 15 is 0 Å². The van der Waals surface area contributed by atoms with Gasteiger partial charge in [0.25, 0.3) is 0 Å². The van der Waals surface area contributed by atoms with Crippen LogP contribution in [0.1, 0.15) is 11.1 Å². The molecule has 33 heavy (non-hydrogen) atoms. The van der Waals surface area contributed by atoms with Crippen molar-refractivity contribution in [3.8, 4) is 0 Å². The zero-order valence-corrected chi connectivity index (χ0v) is 19.7. The van der Waals surface area contributed by atoms with Gasteiger partial charge in [-0.3, -0.25) is 0 Å². The molecule has 5 nitrogen and oxygen atoms in total. The largest absolute Gasteiger partial charge is 0.243 e. The van der Waals surface area contributed by atoms with Crippen molar-refractivity contribution in [2.75, 3.05) is 13.1 Å². The second kappa shape index (κ2) is 8.09. The lowest BCUT2D eigenvalue weighted by molar-refractivity contribution is 0.455. The maximum absolute atomic E-state index is 13.6. The van der Waals surface area contributed by atoms with E-state index in [4.69, 9.17) is 0 Å². The third kappa shape index (κ3) is 3.66. The van der Waals surface area contributed by atoms with Crippen molar-refractivity contribution in [2.45, 2.75) is 22.0 Å². The maximum Gasteiger partial charge on any atom is 0.243 e. The van der Waals surface area contributed by atoms with Crippen molar-refractivity contribution in [3.63, 3.8) is 0 Å². The minimum Gasteiger partial charge on any atom is -0.223 e. The second-order valence-corrected chi connectivity index (χ2v) is 12.2. The fraction of sp³-hybridized carbons (Fsp3) is 0.154. The van der Waals surface area contributed by atoms with E-state index in [1.54, 1.807) is 60.7 Å². The lowest BCUT2D eigenvalue weighted by atomic mass is 9.77. The maximum atomic E-state index is 13.6. The zero-order chi connectivity index (χ0) is 23.2. The van der Waals surface area contributed by atoms with Crippen LogP contribution in [-0.4, -0.2) is 39.5 Å². The smallest absolute Gasteiger partial charge is 0.223 e. The summed E-state index contributed by atoms with van der Waals surface area (Å²) in [5.41, 5.74) is 3.93. The average molecular weight is 478 g/mol. The van der Waals surface area contributed by atoms with Gasteiger partial charge in [0.15, 0.2) is 9.84 Å². The number of rotatable bonds is 5. The molecule has 0 bridgehead atoms. The molecule has 0 saturated heterocycles. The summed E-state index contributed by atoms with van der Waals surface area (Å²) in [6, 6.07) is 24.5. The molecule has 0 N–H and O–H groups in total. The standard InChI is InChI=1S/C26H23NO4S2/c1-19-12-14-22(15-13-19)33(30,31)27-17-16-23-24(18-27)25(20-8-4-2-5-9-20)26(23)32(28,29)21-10-6-3-7-11-21/h2-16,26H,17-18H2,1H3. The highest BCUT2D eigenvalue weighted by Gasteiger charge is 2.47. The van der Waals surface area contributed by atoms with Gasteiger partial charge in [0.1, 0.15) is 5.25 Å². The lowest BCUT2D eigenvalue weighted by Crippen LogP contribution is -2.45. The molecular formula is C26H23NO4S2. The third-order valence-electron chi connectivity index (χ3n) is 6.19. The summed E-state index contributed by atoms with van der Waals surface area (Å²) in [5, 5.41) is -0.804. The van der Waals surface area contributed by atoms with E-state index in [1.807, 2.05) is 37.3 Å². The Kier molecular flexibility index (Phi) is 5.35. The molecular weight excluding hydrogens is 454 g/mol. The third-order valence-corrected chi connectivity index (χ3v) is 10.1. The van der Waals surface area contributed by atoms with E-state index in [0.29, 0.717) is 11.1 Å². The Bertz CT molecular complexity index is 1470. The number of sulfone groups is 1. The Hall–Kier alpha value is -3.00. The highest BCUT2D eigenvalue weighted by atomic mass is 32.2. The summed E-state index contributed by atoms with van der Waals surface area (Å²) in [6.45, 7) is 2.19. The molecule has 1 atom stereocenters. The molecule has 0 amide bonds. The first-order valence-electron chi connectivity index (χ1n) is 10.6. The van der Waals surface area contributed by atoms with Gasteiger partial charge in [-0.25, -0.2) is 16.8 Å². The van der Waals surface area contributed by atoms with Crippen LogP contribution in [0.4, 0.5) is 0 Å². The van der Waals surface area contributed by atoms with E-state index in [-0.39, 0.29) is 22.9 Å². The van der Waals surface area contributed by atoms with Gasteiger partial charge in [-0.15, -0.1) is 0 Å². The van der Waals surface area contributed by atoms with Gasteiger partial charge in [0.2, 0.25) is 10.0 Å². The average Bonchev–Trinajstić information content (AvgIpc) is 2.81. The van der Waals surface area contributed by atoms with E-state index in [0.717, 1.165) is 16.7 Å². The van der Waals surface area contributed by atoms with Gasteiger partial charge in [-0.2, -0.15) is 4.31 Å². The van der Waals surface area contributed by atoms with Crippen LogP contribution in [0.2, 0.25) is 0 Å². The fourth-order valence-electron chi connectivity index (χ4n) is 4.45. The summed E-state index contributed by atoms with van der Waals surface area (Å²) < 4.78 is 55.1. The van der Waals surface area contributed by atoms with Crippen molar-refractivity contribution in [2.24, 2.45) is 0 Å². The van der Waals surface area contributed by atoms with Gasteiger partial charge in [0.05, 0.1) is 9.79 Å². The summed E-state index contributed by atoms with van der Waals surface area (Å²) in [6.07, 6.45) is 1.75. The molecule has 1 aliphatic heterocycles. The van der Waals surface area contributed by atoms with Gasteiger partial charge >= 0.3 is 0 Å². The monoisotopic (exact) mass is 477 g/mol. The van der Waals surface area contributed by atoms with Crippen molar-refractivity contribution >= 4 is 25.4 Å². The minimum absolute atomic E-state index is 0.137. The highest BCUT2D eigenvalue weighted by Crippen LogP contribution is 2.49. The number of fused-ring (bicyclic) bond motifs is 1. The fourth-order valence-corrected chi connectivity index (χ4v) is 7.77. The number of sulfonamides is 1. The SMILES string of the molecule is Cc1ccc(S(=O)(=O)N2CC=C3C(=C(c4ccccc4)C3S(=O)(=O)c3ccccc3)C2)cc1. The van der Waals surface area contributed by atoms with Crippen LogP contribution >= 0.6 is 0 Å². The molecule has 5 rings (SSSR count). The topological polar surface area (TPSA) is 71.5 Å². The molecule has 0 aromatic heterocycles. The van der Waals surface area contributed by atoms with Crippen molar-refractivity contribution in [1.82, 2.24) is 4.31 Å². The molecule has 168 valence electrons. The molecule has 1 heterocycles. The molecule has 0 fully saturated rings. The van der Waals surface area contributed by atoms with Crippen LogP contribution in [0.3, 0.4) is 0 Å². The first-order chi connectivity index (χ1) is 15.8. The predicted octanol–water partition coefficient (Wildman–Crippen LogP) is 4.24. The van der Waals surface area contributed by atoms with E-state index in [1.165, 1.54) is 4.31 Å². The molecule has 1 unspecified atom stereocenters. The Labute approximate surface area is 194 Å². The Morgan fingerprint density at radius 1 is 0.758 bits per heavy atom. The summed E-state index contributed by atoms with van der Waals surface area (Å²) in [4.78, 5) is 0.498. The van der Waals surface area contributed by atoms with E-state index < -0.39 is 25.1 Å². The van der Waals surface area contributed by atoms with Gasteiger partial charge < -0.3 is 0 Å². The molecule has 1 aliphatic carbocycles. The lowest BCUT2D eigenvalue weighted by Gasteiger charge is -2.41. The summed E-state index contributed by atoms with van der Waals surface area (Å²) in [7, 11) is -7.38. The number of hydrogen-bond acceptors (Lipinski definition) is 4. The van der Waals surface area contributed by atoms with Crippen LogP contribution in [-0.2, 0) is 19.9 Å². The first-order valence-corrected chi connectivity index (χ1v) is 13.6. The van der Waals surface area contributed by atoms with Crippen molar-refractivity contribution < 1.29 is 16.8 Å². The number of nitrogens with zero attached hydrogens (tertiary/aromatic N) is 1. The molecule has 3 aromatic rings. The molecule has 7 heteroatoms. The Morgan fingerprint density at radius 2 is 1.36 bits per heavy atom. The normalized spacial score (nSPS) is 18.9. The molecule has 0 radical (unpaired) electrons. The van der Waals surface area contributed by atoms with Crippen molar-refractivity contribution in [3.05, 3.63) is 113 Å². The van der Waals surface area contributed by atoms with Gasteiger partial charge in [-0.1, -0.05) is 72.3 Å². The predicted molar refractivity (Wildman–Crippen MR) is 129 cm³/mol. The first kappa shape index (κ1) is 21.8. The number of aryl methyl sites for hydroxylation is 1. The minimum atomic E-state index is -3.71. The van der Waals surface area contributed by atoms with Crippen LogP contribution in [0.25, 0.3) is 5.57 Å². The van der Waals surface area contributed by atoms with Crippen LogP contribution in [0.5, 0.6) is 0 Å². The number of hydrogen-bond donors (Lipinski definition) is 0. The summed E-state index contributed by atoms with van der Waals surface area (Å²) in [5.74, 6) is 0. The second-order valence-electron chi connectivity index (χ2n) is 8.27. The highest BCUT2D eigenvalue weighted by molar-refractivity contribution is 7.93. The van der Waals surface area contributed by atoms with E-state index in [2.05, 4.69) is 0 Å². The molecule has 2 aliphatic rings. The van der Waals surface area contributed by atoms with Gasteiger partial charge in [-0.05, 0) is 53.5 Å². The van der Waals surface area contributed by atoms with Crippen molar-refractivity contribution in [1.29, 1.82) is 0 Å². The zero-order valence-electron chi connectivity index (χ0n) is 18.0. The Morgan fingerprint density at radius 3 is 2.00 bits per heavy atom. The number of benzene rings is 3. The quantitative estimate of drug-likeness (QED) is 0.551.